The Labute approximate surface area is 131 Å². The summed E-state index contributed by atoms with van der Waals surface area (Å²) >= 11 is 0. The van der Waals surface area contributed by atoms with Gasteiger partial charge in [0.1, 0.15) is 5.75 Å². The first-order valence-corrected chi connectivity index (χ1v) is 7.51. The Balaban J connectivity index is 2.19. The molecule has 2 unspecified atom stereocenters. The van der Waals surface area contributed by atoms with Crippen molar-refractivity contribution in [2.75, 3.05) is 20.3 Å². The van der Waals surface area contributed by atoms with Gasteiger partial charge in [-0.15, -0.1) is 0 Å². The summed E-state index contributed by atoms with van der Waals surface area (Å²) in [6.45, 7) is 6.60. The molecule has 1 heterocycles. The predicted molar refractivity (Wildman–Crippen MR) is 83.3 cm³/mol. The molecule has 2 atom stereocenters. The predicted octanol–water partition coefficient (Wildman–Crippen LogP) is 2.08. The van der Waals surface area contributed by atoms with Gasteiger partial charge in [0.25, 0.3) is 0 Å². The van der Waals surface area contributed by atoms with Crippen LogP contribution < -0.4 is 4.74 Å². The third kappa shape index (κ3) is 3.65. The van der Waals surface area contributed by atoms with E-state index in [1.807, 2.05) is 18.7 Å². The van der Waals surface area contributed by atoms with Crippen molar-refractivity contribution in [2.24, 2.45) is 0 Å². The fourth-order valence-corrected chi connectivity index (χ4v) is 2.65. The van der Waals surface area contributed by atoms with Gasteiger partial charge in [0.2, 0.25) is 5.91 Å². The van der Waals surface area contributed by atoms with Crippen molar-refractivity contribution < 1.29 is 19.1 Å². The van der Waals surface area contributed by atoms with Crippen LogP contribution in [-0.2, 0) is 16.0 Å². The third-order valence-electron chi connectivity index (χ3n) is 3.96. The van der Waals surface area contributed by atoms with Gasteiger partial charge in [-0.25, -0.2) is 0 Å². The molecule has 1 aliphatic rings. The molecule has 0 bridgehead atoms. The van der Waals surface area contributed by atoms with Crippen LogP contribution >= 0.6 is 0 Å². The number of ketones is 1. The quantitative estimate of drug-likeness (QED) is 0.799. The lowest BCUT2D eigenvalue weighted by atomic mass is 10.0. The Morgan fingerprint density at radius 1 is 1.36 bits per heavy atom. The number of methoxy groups -OCH3 is 1. The van der Waals surface area contributed by atoms with E-state index in [0.29, 0.717) is 24.5 Å². The molecule has 1 amide bonds. The van der Waals surface area contributed by atoms with E-state index in [2.05, 4.69) is 0 Å². The molecule has 0 radical (unpaired) electrons. The van der Waals surface area contributed by atoms with E-state index in [-0.39, 0.29) is 30.3 Å². The van der Waals surface area contributed by atoms with Crippen LogP contribution in [0.1, 0.15) is 36.7 Å². The first-order valence-electron chi connectivity index (χ1n) is 7.51. The number of hydrogen-bond acceptors (Lipinski definition) is 4. The Hall–Kier alpha value is -1.88. The lowest BCUT2D eigenvalue weighted by molar-refractivity contribution is -0.142. The van der Waals surface area contributed by atoms with Crippen molar-refractivity contribution in [3.05, 3.63) is 29.3 Å². The summed E-state index contributed by atoms with van der Waals surface area (Å²) in [5, 5.41) is 0. The number of hydrogen-bond donors (Lipinski definition) is 0. The molecule has 22 heavy (non-hydrogen) atoms. The maximum atomic E-state index is 12.6. The van der Waals surface area contributed by atoms with E-state index >= 15 is 0 Å². The van der Waals surface area contributed by atoms with Crippen LogP contribution in [0.5, 0.6) is 5.75 Å². The minimum atomic E-state index is -0.0234. The van der Waals surface area contributed by atoms with Crippen LogP contribution in [0.2, 0.25) is 0 Å². The standard InChI is InChI=1S/C17H23NO4/c1-11-10-22-12(2)9-18(11)17(20)8-15-7-14(13(3)19)5-6-16(15)21-4/h5-7,11-12H,8-10H2,1-4H3. The Bertz CT molecular complexity index is 570. The second-order valence-corrected chi connectivity index (χ2v) is 5.80. The third-order valence-corrected chi connectivity index (χ3v) is 3.96. The molecule has 0 saturated carbocycles. The van der Waals surface area contributed by atoms with Crippen molar-refractivity contribution in [2.45, 2.75) is 39.3 Å². The molecule has 2 rings (SSSR count). The molecule has 1 aromatic carbocycles. The van der Waals surface area contributed by atoms with Crippen molar-refractivity contribution in [3.63, 3.8) is 0 Å². The van der Waals surface area contributed by atoms with Gasteiger partial charge < -0.3 is 14.4 Å². The second kappa shape index (κ2) is 6.92. The average molecular weight is 305 g/mol. The Morgan fingerprint density at radius 3 is 2.73 bits per heavy atom. The molecular formula is C17H23NO4. The highest BCUT2D eigenvalue weighted by atomic mass is 16.5. The molecule has 5 heteroatoms. The lowest BCUT2D eigenvalue weighted by Gasteiger charge is -2.37. The largest absolute Gasteiger partial charge is 0.496 e. The maximum absolute atomic E-state index is 12.6. The minimum Gasteiger partial charge on any atom is -0.496 e. The monoisotopic (exact) mass is 305 g/mol. The number of carbonyl (C=O) groups is 2. The lowest BCUT2D eigenvalue weighted by Crippen LogP contribution is -2.50. The van der Waals surface area contributed by atoms with Gasteiger partial charge in [-0.1, -0.05) is 0 Å². The fourth-order valence-electron chi connectivity index (χ4n) is 2.65. The topological polar surface area (TPSA) is 55.8 Å². The molecule has 1 fully saturated rings. The van der Waals surface area contributed by atoms with E-state index in [9.17, 15) is 9.59 Å². The van der Waals surface area contributed by atoms with Gasteiger partial charge in [0, 0.05) is 17.7 Å². The summed E-state index contributed by atoms with van der Waals surface area (Å²) in [5.41, 5.74) is 1.33. The van der Waals surface area contributed by atoms with E-state index in [4.69, 9.17) is 9.47 Å². The first-order chi connectivity index (χ1) is 10.4. The SMILES string of the molecule is COc1ccc(C(C)=O)cc1CC(=O)N1CC(C)OCC1C. The molecule has 120 valence electrons. The second-order valence-electron chi connectivity index (χ2n) is 5.80. The molecule has 5 nitrogen and oxygen atoms in total. The number of amides is 1. The molecular weight excluding hydrogens is 282 g/mol. The zero-order valence-electron chi connectivity index (χ0n) is 13.6. The Morgan fingerprint density at radius 2 is 2.09 bits per heavy atom. The summed E-state index contributed by atoms with van der Waals surface area (Å²) in [6.07, 6.45) is 0.270. The zero-order chi connectivity index (χ0) is 16.3. The number of morpholine rings is 1. The van der Waals surface area contributed by atoms with Crippen LogP contribution in [0.4, 0.5) is 0 Å². The van der Waals surface area contributed by atoms with Crippen LogP contribution in [0.15, 0.2) is 18.2 Å². The number of Topliss-reactive ketones (excluding diaryl/α,β-unsaturated/α-hetero) is 1. The van der Waals surface area contributed by atoms with E-state index in [1.165, 1.54) is 6.92 Å². The fraction of sp³-hybridized carbons (Fsp3) is 0.529. The van der Waals surface area contributed by atoms with Crippen LogP contribution in [-0.4, -0.2) is 49.0 Å². The van der Waals surface area contributed by atoms with Gasteiger partial charge in [-0.2, -0.15) is 0 Å². The Kier molecular flexibility index (Phi) is 5.19. The maximum Gasteiger partial charge on any atom is 0.227 e. The summed E-state index contributed by atoms with van der Waals surface area (Å²) in [6, 6.07) is 5.26. The van der Waals surface area contributed by atoms with E-state index in [0.717, 1.165) is 5.56 Å². The van der Waals surface area contributed by atoms with E-state index < -0.39 is 0 Å². The molecule has 0 N–H and O–H groups in total. The van der Waals surface area contributed by atoms with Gasteiger partial charge >= 0.3 is 0 Å². The highest BCUT2D eigenvalue weighted by Crippen LogP contribution is 2.22. The van der Waals surface area contributed by atoms with Gasteiger partial charge in [0.15, 0.2) is 5.78 Å². The van der Waals surface area contributed by atoms with Crippen molar-refractivity contribution in [1.29, 1.82) is 0 Å². The van der Waals surface area contributed by atoms with Crippen molar-refractivity contribution in [3.8, 4) is 5.75 Å². The highest BCUT2D eigenvalue weighted by molar-refractivity contribution is 5.94. The number of benzene rings is 1. The normalized spacial score (nSPS) is 21.5. The van der Waals surface area contributed by atoms with Gasteiger partial charge in [-0.3, -0.25) is 9.59 Å². The van der Waals surface area contributed by atoms with Crippen molar-refractivity contribution in [1.82, 2.24) is 4.90 Å². The number of carbonyl (C=O) groups excluding carboxylic acids is 2. The van der Waals surface area contributed by atoms with E-state index in [1.54, 1.807) is 25.3 Å². The molecule has 0 aliphatic carbocycles. The molecule has 1 aliphatic heterocycles. The summed E-state index contributed by atoms with van der Waals surface area (Å²) in [5.74, 6) is 0.638. The van der Waals surface area contributed by atoms with Crippen LogP contribution in [0.3, 0.4) is 0 Å². The average Bonchev–Trinajstić information content (AvgIpc) is 2.49. The summed E-state index contributed by atoms with van der Waals surface area (Å²) in [7, 11) is 1.57. The van der Waals surface area contributed by atoms with Crippen LogP contribution in [0, 0.1) is 0 Å². The number of ether oxygens (including phenoxy) is 2. The highest BCUT2D eigenvalue weighted by Gasteiger charge is 2.28. The van der Waals surface area contributed by atoms with Crippen LogP contribution in [0.25, 0.3) is 0 Å². The summed E-state index contributed by atoms with van der Waals surface area (Å²) in [4.78, 5) is 26.0. The molecule has 0 spiro atoms. The smallest absolute Gasteiger partial charge is 0.227 e. The summed E-state index contributed by atoms with van der Waals surface area (Å²) < 4.78 is 10.9. The van der Waals surface area contributed by atoms with Gasteiger partial charge in [-0.05, 0) is 39.0 Å². The number of rotatable bonds is 4. The molecule has 1 aromatic rings. The van der Waals surface area contributed by atoms with Crippen molar-refractivity contribution >= 4 is 11.7 Å². The zero-order valence-corrected chi connectivity index (χ0v) is 13.6. The molecule has 1 saturated heterocycles. The van der Waals surface area contributed by atoms with Gasteiger partial charge in [0.05, 0.1) is 32.3 Å². The number of nitrogens with zero attached hydrogens (tertiary/aromatic N) is 1. The molecule has 0 aromatic heterocycles. The minimum absolute atomic E-state index is 0.0234. The first kappa shape index (κ1) is 16.5.